The van der Waals surface area contributed by atoms with Crippen molar-refractivity contribution < 1.29 is 9.59 Å². The molecule has 1 aromatic heterocycles. The Bertz CT molecular complexity index is 771. The Kier molecular flexibility index (Phi) is 5.20. The Labute approximate surface area is 152 Å². The molecule has 3 rings (SSSR count). The maximum absolute atomic E-state index is 12.5. The van der Waals surface area contributed by atoms with E-state index in [9.17, 15) is 9.59 Å². The molecule has 1 aliphatic heterocycles. The summed E-state index contributed by atoms with van der Waals surface area (Å²) in [6.45, 7) is 2.82. The molecule has 0 bridgehead atoms. The van der Waals surface area contributed by atoms with Crippen LogP contribution in [0.1, 0.15) is 34.5 Å². The molecule has 0 fully saturated rings. The fraction of sp³-hybridized carbons (Fsp3) is 0.368. The Balaban J connectivity index is 1.69. The number of carbonyl (C=O) groups excluding carboxylic acids is 2. The average Bonchev–Trinajstić information content (AvgIpc) is 3.23. The lowest BCUT2D eigenvalue weighted by atomic mass is 10.1. The number of hydrogen-bond acceptors (Lipinski definition) is 4. The van der Waals surface area contributed by atoms with Crippen molar-refractivity contribution in [3.05, 3.63) is 51.7 Å². The second-order valence-corrected chi connectivity index (χ2v) is 7.29. The summed E-state index contributed by atoms with van der Waals surface area (Å²) in [6, 6.07) is 7.82. The van der Waals surface area contributed by atoms with E-state index in [1.54, 1.807) is 29.2 Å². The van der Waals surface area contributed by atoms with Crippen LogP contribution >= 0.6 is 11.3 Å². The highest BCUT2D eigenvalue weighted by Gasteiger charge is 2.23. The van der Waals surface area contributed by atoms with Gasteiger partial charge in [-0.1, -0.05) is 0 Å². The van der Waals surface area contributed by atoms with Crippen LogP contribution in [0.25, 0.3) is 0 Å². The summed E-state index contributed by atoms with van der Waals surface area (Å²) in [4.78, 5) is 28.0. The molecular weight excluding hydrogens is 334 g/mol. The van der Waals surface area contributed by atoms with Crippen LogP contribution in [0.4, 0.5) is 5.69 Å². The molecule has 6 heteroatoms. The molecule has 1 aliphatic rings. The number of rotatable bonds is 5. The third-order valence-corrected chi connectivity index (χ3v) is 5.33. The van der Waals surface area contributed by atoms with Crippen molar-refractivity contribution in [3.63, 3.8) is 0 Å². The summed E-state index contributed by atoms with van der Waals surface area (Å²) in [5.74, 6) is -0.0355. The van der Waals surface area contributed by atoms with Crippen LogP contribution in [0, 0.1) is 0 Å². The summed E-state index contributed by atoms with van der Waals surface area (Å²) in [7, 11) is 4.03. The van der Waals surface area contributed by atoms with E-state index in [0.29, 0.717) is 18.7 Å². The van der Waals surface area contributed by atoms with Crippen molar-refractivity contribution in [3.8, 4) is 0 Å². The van der Waals surface area contributed by atoms with Gasteiger partial charge in [0.2, 0.25) is 5.91 Å². The van der Waals surface area contributed by atoms with Crippen molar-refractivity contribution in [1.82, 2.24) is 10.2 Å². The SMILES string of the molecule is CC(=O)N1CCc2cc(C(=O)NCC(c3ccsc3)N(C)C)ccc21. The molecule has 0 spiro atoms. The van der Waals surface area contributed by atoms with Crippen LogP contribution in [0.3, 0.4) is 0 Å². The Morgan fingerprint density at radius 2 is 2.12 bits per heavy atom. The first-order valence-corrected chi connectivity index (χ1v) is 9.29. The largest absolute Gasteiger partial charge is 0.350 e. The van der Waals surface area contributed by atoms with Gasteiger partial charge in [-0.3, -0.25) is 9.59 Å². The standard InChI is InChI=1S/C19H23N3O2S/c1-13(23)22-8-6-14-10-15(4-5-17(14)22)19(24)20-11-18(21(2)3)16-7-9-25-12-16/h4-5,7,9-10,12,18H,6,8,11H2,1-3H3,(H,20,24). The lowest BCUT2D eigenvalue weighted by Gasteiger charge is -2.24. The van der Waals surface area contributed by atoms with Crippen LogP contribution in [0.2, 0.25) is 0 Å². The zero-order valence-corrected chi connectivity index (χ0v) is 15.6. The molecule has 1 aromatic carbocycles. The summed E-state index contributed by atoms with van der Waals surface area (Å²) >= 11 is 1.66. The quantitative estimate of drug-likeness (QED) is 0.895. The molecule has 0 saturated heterocycles. The maximum Gasteiger partial charge on any atom is 0.251 e. The number of nitrogens with one attached hydrogen (secondary N) is 1. The van der Waals surface area contributed by atoms with Crippen LogP contribution in [0.5, 0.6) is 0 Å². The highest BCUT2D eigenvalue weighted by atomic mass is 32.1. The van der Waals surface area contributed by atoms with Crippen molar-refractivity contribution in [2.24, 2.45) is 0 Å². The molecule has 2 aromatic rings. The van der Waals surface area contributed by atoms with E-state index in [0.717, 1.165) is 17.7 Å². The molecule has 132 valence electrons. The average molecular weight is 357 g/mol. The molecular formula is C19H23N3O2S. The Morgan fingerprint density at radius 3 is 2.76 bits per heavy atom. The number of fused-ring (bicyclic) bond motifs is 1. The predicted molar refractivity (Wildman–Crippen MR) is 101 cm³/mol. The maximum atomic E-state index is 12.5. The Hall–Kier alpha value is -2.18. The monoisotopic (exact) mass is 357 g/mol. The van der Waals surface area contributed by atoms with Crippen LogP contribution < -0.4 is 10.2 Å². The summed E-state index contributed by atoms with van der Waals surface area (Å²) in [6.07, 6.45) is 0.797. The smallest absolute Gasteiger partial charge is 0.251 e. The highest BCUT2D eigenvalue weighted by Crippen LogP contribution is 2.29. The number of likely N-dealkylation sites (N-methyl/N-ethyl adjacent to an activating group) is 1. The van der Waals surface area contributed by atoms with Gasteiger partial charge in [-0.2, -0.15) is 11.3 Å². The van der Waals surface area contributed by atoms with Crippen molar-refractivity contribution in [2.45, 2.75) is 19.4 Å². The fourth-order valence-electron chi connectivity index (χ4n) is 3.22. The van der Waals surface area contributed by atoms with E-state index in [1.165, 1.54) is 5.56 Å². The molecule has 1 unspecified atom stereocenters. The molecule has 0 saturated carbocycles. The van der Waals surface area contributed by atoms with Gasteiger partial charge in [-0.15, -0.1) is 0 Å². The van der Waals surface area contributed by atoms with Gasteiger partial charge in [0, 0.05) is 31.3 Å². The third kappa shape index (κ3) is 3.75. The molecule has 5 nitrogen and oxygen atoms in total. The van der Waals surface area contributed by atoms with Crippen LogP contribution in [-0.4, -0.2) is 43.9 Å². The van der Waals surface area contributed by atoms with E-state index in [-0.39, 0.29) is 17.9 Å². The first-order chi connectivity index (χ1) is 12.0. The number of nitrogens with zero attached hydrogens (tertiary/aromatic N) is 2. The van der Waals surface area contributed by atoms with Gasteiger partial charge in [0.25, 0.3) is 5.91 Å². The predicted octanol–water partition coefficient (Wildman–Crippen LogP) is 2.69. The zero-order chi connectivity index (χ0) is 18.0. The summed E-state index contributed by atoms with van der Waals surface area (Å²) in [5, 5.41) is 7.20. The van der Waals surface area contributed by atoms with E-state index < -0.39 is 0 Å². The van der Waals surface area contributed by atoms with Gasteiger partial charge in [0.05, 0.1) is 6.04 Å². The first kappa shape index (κ1) is 17.6. The van der Waals surface area contributed by atoms with Gasteiger partial charge in [-0.25, -0.2) is 0 Å². The fourth-order valence-corrected chi connectivity index (χ4v) is 3.93. The molecule has 0 aliphatic carbocycles. The number of amides is 2. The number of thiophene rings is 1. The minimum Gasteiger partial charge on any atom is -0.350 e. The van der Waals surface area contributed by atoms with Gasteiger partial charge in [-0.05, 0) is 66.7 Å². The molecule has 0 radical (unpaired) electrons. The Morgan fingerprint density at radius 1 is 1.32 bits per heavy atom. The molecule has 1 atom stereocenters. The van der Waals surface area contributed by atoms with Crippen LogP contribution in [-0.2, 0) is 11.2 Å². The minimum atomic E-state index is -0.0776. The molecule has 1 N–H and O–H groups in total. The third-order valence-electron chi connectivity index (χ3n) is 4.62. The van der Waals surface area contributed by atoms with Crippen molar-refractivity contribution in [1.29, 1.82) is 0 Å². The van der Waals surface area contributed by atoms with Crippen molar-refractivity contribution >= 4 is 28.8 Å². The highest BCUT2D eigenvalue weighted by molar-refractivity contribution is 7.07. The lowest BCUT2D eigenvalue weighted by Crippen LogP contribution is -2.34. The number of hydrogen-bond donors (Lipinski definition) is 1. The van der Waals surface area contributed by atoms with E-state index in [4.69, 9.17) is 0 Å². The van der Waals surface area contributed by atoms with Gasteiger partial charge in [0.15, 0.2) is 0 Å². The van der Waals surface area contributed by atoms with Crippen LogP contribution in [0.15, 0.2) is 35.0 Å². The second-order valence-electron chi connectivity index (χ2n) is 6.51. The van der Waals surface area contributed by atoms with Gasteiger partial charge < -0.3 is 15.1 Å². The summed E-state index contributed by atoms with van der Waals surface area (Å²) < 4.78 is 0. The minimum absolute atomic E-state index is 0.0422. The molecule has 2 amide bonds. The van der Waals surface area contributed by atoms with Crippen molar-refractivity contribution in [2.75, 3.05) is 32.1 Å². The van der Waals surface area contributed by atoms with E-state index >= 15 is 0 Å². The number of benzene rings is 1. The normalized spacial score (nSPS) is 14.5. The number of carbonyl (C=O) groups is 2. The summed E-state index contributed by atoms with van der Waals surface area (Å²) in [5.41, 5.74) is 3.84. The van der Waals surface area contributed by atoms with E-state index in [2.05, 4.69) is 27.0 Å². The topological polar surface area (TPSA) is 52.7 Å². The zero-order valence-electron chi connectivity index (χ0n) is 14.8. The van der Waals surface area contributed by atoms with Gasteiger partial charge in [0.1, 0.15) is 0 Å². The lowest BCUT2D eigenvalue weighted by molar-refractivity contribution is -0.116. The number of anilines is 1. The van der Waals surface area contributed by atoms with E-state index in [1.807, 2.05) is 26.2 Å². The first-order valence-electron chi connectivity index (χ1n) is 8.35. The second kappa shape index (κ2) is 7.37. The van der Waals surface area contributed by atoms with Gasteiger partial charge >= 0.3 is 0 Å². The molecule has 25 heavy (non-hydrogen) atoms. The molecule has 2 heterocycles.